The Morgan fingerprint density at radius 1 is 1.17 bits per heavy atom. The maximum absolute atomic E-state index is 6.15. The second-order valence-corrected chi connectivity index (χ2v) is 9.91. The first kappa shape index (κ1) is 24.2. The number of hydrogen-bond donors (Lipinski definition) is 1. The summed E-state index contributed by atoms with van der Waals surface area (Å²) in [4.78, 5) is 21.0. The fraction of sp³-hybridized carbons (Fsp3) is 0.448. The van der Waals surface area contributed by atoms with E-state index in [0.717, 1.165) is 84.3 Å². The number of aromatic nitrogens is 3. The maximum atomic E-state index is 6.15. The Hall–Kier alpha value is -3.48. The molecular weight excluding hydrogens is 448 g/mol. The van der Waals surface area contributed by atoms with Gasteiger partial charge in [-0.15, -0.1) is 0 Å². The molecule has 1 aromatic carbocycles. The van der Waals surface area contributed by atoms with E-state index in [-0.39, 0.29) is 0 Å². The lowest BCUT2D eigenvalue weighted by molar-refractivity contribution is 0.331. The van der Waals surface area contributed by atoms with Gasteiger partial charge in [-0.05, 0) is 62.3 Å². The van der Waals surface area contributed by atoms with E-state index in [0.29, 0.717) is 12.4 Å². The number of hydrogen-bond acceptors (Lipinski definition) is 6. The van der Waals surface area contributed by atoms with Crippen LogP contribution < -0.4 is 15.4 Å². The first-order valence-electron chi connectivity index (χ1n) is 13.2. The normalized spacial score (nSPS) is 17.7. The zero-order chi connectivity index (χ0) is 25.1. The molecule has 2 aliphatic rings. The molecule has 1 aliphatic heterocycles. The van der Waals surface area contributed by atoms with Crippen molar-refractivity contribution in [3.8, 4) is 16.9 Å². The smallest absolute Gasteiger partial charge is 0.135 e. The third kappa shape index (κ3) is 5.06. The summed E-state index contributed by atoms with van der Waals surface area (Å²) in [6.45, 7) is 8.52. The van der Waals surface area contributed by atoms with Gasteiger partial charge in [0.25, 0.3) is 0 Å². The second kappa shape index (κ2) is 10.6. The van der Waals surface area contributed by atoms with Crippen molar-refractivity contribution in [3.63, 3.8) is 0 Å². The van der Waals surface area contributed by atoms with Crippen LogP contribution in [0.2, 0.25) is 0 Å². The van der Waals surface area contributed by atoms with E-state index >= 15 is 0 Å². The topological polar surface area (TPSA) is 89.5 Å². The number of nitrogens with two attached hydrogens (primary N) is 1. The molecule has 3 heterocycles. The summed E-state index contributed by atoms with van der Waals surface area (Å²) in [7, 11) is 0. The molecule has 1 unspecified atom stereocenters. The summed E-state index contributed by atoms with van der Waals surface area (Å²) >= 11 is 0. The van der Waals surface area contributed by atoms with E-state index in [1.165, 1.54) is 24.1 Å². The average molecular weight is 485 g/mol. The number of ether oxygens (including phenoxy) is 1. The minimum absolute atomic E-state index is 0.629. The lowest BCUT2D eigenvalue weighted by Crippen LogP contribution is -2.29. The van der Waals surface area contributed by atoms with Crippen LogP contribution in [-0.4, -0.2) is 33.9 Å². The van der Waals surface area contributed by atoms with Crippen LogP contribution in [0.4, 0.5) is 11.5 Å². The summed E-state index contributed by atoms with van der Waals surface area (Å²) in [6, 6.07) is 8.46. The first-order valence-corrected chi connectivity index (χ1v) is 13.2. The molecule has 7 heteroatoms. The molecule has 188 valence electrons. The van der Waals surface area contributed by atoms with Gasteiger partial charge >= 0.3 is 0 Å². The number of anilines is 1. The zero-order valence-corrected chi connectivity index (χ0v) is 21.6. The molecule has 0 fully saturated rings. The third-order valence-electron chi connectivity index (χ3n) is 7.38. The summed E-state index contributed by atoms with van der Waals surface area (Å²) in [5, 5.41) is 0. The first-order chi connectivity index (χ1) is 17.6. The Labute approximate surface area is 213 Å². The van der Waals surface area contributed by atoms with Gasteiger partial charge in [-0.1, -0.05) is 26.3 Å². The van der Waals surface area contributed by atoms with Crippen molar-refractivity contribution in [1.82, 2.24) is 15.0 Å². The Balaban J connectivity index is 1.45. The highest BCUT2D eigenvalue weighted by Gasteiger charge is 2.26. The van der Waals surface area contributed by atoms with Crippen LogP contribution in [0.3, 0.4) is 0 Å². The fourth-order valence-electron chi connectivity index (χ4n) is 5.23. The number of pyridine rings is 1. The molecule has 5 rings (SSSR count). The fourth-order valence-corrected chi connectivity index (χ4v) is 5.23. The van der Waals surface area contributed by atoms with Gasteiger partial charge in [-0.2, -0.15) is 0 Å². The zero-order valence-electron chi connectivity index (χ0n) is 21.6. The molecule has 0 bridgehead atoms. The predicted octanol–water partition coefficient (Wildman–Crippen LogP) is 5.55. The summed E-state index contributed by atoms with van der Waals surface area (Å²) < 4.78 is 6.15. The SMILES string of the molecule is CCCC(N)=Nc1cc(-c2ccc3c(c2)CN(c2ncnc4c2CCC(CC)C4)CCO3)cnc1C. The van der Waals surface area contributed by atoms with Gasteiger partial charge in [0.2, 0.25) is 0 Å². The van der Waals surface area contributed by atoms with E-state index in [4.69, 9.17) is 15.5 Å². The van der Waals surface area contributed by atoms with Crippen molar-refractivity contribution in [2.75, 3.05) is 18.1 Å². The number of rotatable bonds is 6. The molecule has 0 radical (unpaired) electrons. The number of benzene rings is 1. The average Bonchev–Trinajstić information content (AvgIpc) is 3.11. The van der Waals surface area contributed by atoms with Gasteiger partial charge in [0.1, 0.15) is 24.5 Å². The van der Waals surface area contributed by atoms with Gasteiger partial charge in [-0.3, -0.25) is 4.98 Å². The molecule has 2 aromatic heterocycles. The van der Waals surface area contributed by atoms with Crippen molar-refractivity contribution < 1.29 is 4.74 Å². The standard InChI is InChI=1S/C29H36N6O/c1-4-6-28(30)34-25-15-22(16-31-19(25)3)21-8-10-27-23(14-21)17-35(11-12-36-27)29-24-9-7-20(5-2)13-26(24)32-18-33-29/h8,10,14-16,18,20H,4-7,9,11-13,17H2,1-3H3,(H2,30,34). The van der Waals surface area contributed by atoms with Crippen LogP contribution in [0, 0.1) is 12.8 Å². The summed E-state index contributed by atoms with van der Waals surface area (Å²) in [5.41, 5.74) is 13.6. The molecule has 1 atom stereocenters. The largest absolute Gasteiger partial charge is 0.491 e. The van der Waals surface area contributed by atoms with Crippen molar-refractivity contribution in [3.05, 3.63) is 59.3 Å². The van der Waals surface area contributed by atoms with E-state index < -0.39 is 0 Å². The van der Waals surface area contributed by atoms with Crippen LogP contribution in [0.5, 0.6) is 5.75 Å². The predicted molar refractivity (Wildman–Crippen MR) is 145 cm³/mol. The van der Waals surface area contributed by atoms with Gasteiger partial charge < -0.3 is 15.4 Å². The number of amidine groups is 1. The minimum Gasteiger partial charge on any atom is -0.491 e. The second-order valence-electron chi connectivity index (χ2n) is 9.91. The third-order valence-corrected chi connectivity index (χ3v) is 7.38. The molecule has 0 saturated carbocycles. The molecule has 1 aliphatic carbocycles. The Kier molecular flexibility index (Phi) is 7.16. The summed E-state index contributed by atoms with van der Waals surface area (Å²) in [6.07, 6.45) is 9.92. The number of nitrogens with zero attached hydrogens (tertiary/aromatic N) is 5. The Morgan fingerprint density at radius 2 is 2.06 bits per heavy atom. The molecule has 0 spiro atoms. The molecular formula is C29H36N6O. The highest BCUT2D eigenvalue weighted by molar-refractivity contribution is 5.84. The van der Waals surface area contributed by atoms with E-state index in [9.17, 15) is 0 Å². The van der Waals surface area contributed by atoms with Crippen LogP contribution in [0.15, 0.2) is 41.8 Å². The quantitative estimate of drug-likeness (QED) is 0.364. The van der Waals surface area contributed by atoms with Crippen molar-refractivity contribution in [1.29, 1.82) is 0 Å². The maximum Gasteiger partial charge on any atom is 0.135 e. The van der Waals surface area contributed by atoms with Crippen molar-refractivity contribution in [2.24, 2.45) is 16.6 Å². The van der Waals surface area contributed by atoms with Crippen LogP contribution in [0.25, 0.3) is 11.1 Å². The van der Waals surface area contributed by atoms with Gasteiger partial charge in [0, 0.05) is 41.5 Å². The van der Waals surface area contributed by atoms with Crippen LogP contribution in [0.1, 0.15) is 62.0 Å². The highest BCUT2D eigenvalue weighted by Crippen LogP contribution is 2.35. The molecule has 2 N–H and O–H groups in total. The van der Waals surface area contributed by atoms with E-state index in [2.05, 4.69) is 58.0 Å². The minimum atomic E-state index is 0.629. The Morgan fingerprint density at radius 3 is 2.89 bits per heavy atom. The van der Waals surface area contributed by atoms with Gasteiger partial charge in [0.05, 0.1) is 23.8 Å². The lowest BCUT2D eigenvalue weighted by atomic mass is 9.85. The molecule has 0 saturated heterocycles. The van der Waals surface area contributed by atoms with E-state index in [1.807, 2.05) is 13.1 Å². The molecule has 0 amide bonds. The van der Waals surface area contributed by atoms with Gasteiger partial charge in [-0.25, -0.2) is 15.0 Å². The van der Waals surface area contributed by atoms with E-state index in [1.54, 1.807) is 6.33 Å². The number of aliphatic imine (C=N–C) groups is 1. The Bertz CT molecular complexity index is 1270. The van der Waals surface area contributed by atoms with Gasteiger partial charge in [0.15, 0.2) is 0 Å². The number of aryl methyl sites for hydroxylation is 1. The van der Waals surface area contributed by atoms with Crippen molar-refractivity contribution >= 4 is 17.3 Å². The van der Waals surface area contributed by atoms with Crippen LogP contribution >= 0.6 is 0 Å². The molecule has 3 aromatic rings. The van der Waals surface area contributed by atoms with Crippen molar-refractivity contribution in [2.45, 2.75) is 65.8 Å². The lowest BCUT2D eigenvalue weighted by Gasteiger charge is -2.29. The number of fused-ring (bicyclic) bond motifs is 2. The molecule has 36 heavy (non-hydrogen) atoms. The molecule has 7 nitrogen and oxygen atoms in total. The highest BCUT2D eigenvalue weighted by atomic mass is 16.5. The monoisotopic (exact) mass is 484 g/mol. The summed E-state index contributed by atoms with van der Waals surface area (Å²) in [5.74, 6) is 3.37. The van der Waals surface area contributed by atoms with Crippen LogP contribution in [-0.2, 0) is 19.4 Å².